The second-order valence-corrected chi connectivity index (χ2v) is 4.61. The molecular weight excluding hydrogens is 208 g/mol. The molecule has 0 aromatic heterocycles. The second kappa shape index (κ2) is 7.50. The first-order valence-electron chi connectivity index (χ1n) is 6.98. The van der Waals surface area contributed by atoms with E-state index in [2.05, 4.69) is 32.9 Å². The SMILES string of the molecule is CCc1cc(CC)c(CCCC[O])c(CC)c1. The summed E-state index contributed by atoms with van der Waals surface area (Å²) < 4.78 is 0. The Morgan fingerprint density at radius 1 is 0.882 bits per heavy atom. The van der Waals surface area contributed by atoms with Gasteiger partial charge >= 0.3 is 0 Å². The molecule has 0 unspecified atom stereocenters. The average molecular weight is 233 g/mol. The lowest BCUT2D eigenvalue weighted by molar-refractivity contribution is 0.187. The van der Waals surface area contributed by atoms with E-state index < -0.39 is 0 Å². The molecule has 1 radical (unpaired) electrons. The zero-order chi connectivity index (χ0) is 12.7. The summed E-state index contributed by atoms with van der Waals surface area (Å²) in [7, 11) is 0. The van der Waals surface area contributed by atoms with Crippen LogP contribution in [0.3, 0.4) is 0 Å². The molecule has 17 heavy (non-hydrogen) atoms. The normalized spacial score (nSPS) is 10.8. The Hall–Kier alpha value is -0.820. The standard InChI is InChI=1S/C16H25O/c1-4-13-11-14(5-2)16(9-7-8-10-17)15(6-3)12-13/h11-12H,4-10H2,1-3H3. The van der Waals surface area contributed by atoms with Crippen molar-refractivity contribution in [2.75, 3.05) is 6.61 Å². The van der Waals surface area contributed by atoms with Gasteiger partial charge in [0.25, 0.3) is 0 Å². The highest BCUT2D eigenvalue weighted by atomic mass is 16.2. The van der Waals surface area contributed by atoms with Crippen molar-refractivity contribution in [3.05, 3.63) is 34.4 Å². The maximum Gasteiger partial charge on any atom is 0.0822 e. The maximum absolute atomic E-state index is 10.5. The van der Waals surface area contributed by atoms with Gasteiger partial charge in [-0.2, -0.15) is 0 Å². The Morgan fingerprint density at radius 3 is 1.88 bits per heavy atom. The molecule has 95 valence electrons. The molecule has 1 aromatic carbocycles. The summed E-state index contributed by atoms with van der Waals surface area (Å²) in [6.07, 6.45) is 6.25. The lowest BCUT2D eigenvalue weighted by Crippen LogP contribution is -2.02. The molecule has 0 N–H and O–H groups in total. The summed E-state index contributed by atoms with van der Waals surface area (Å²) in [6, 6.07) is 4.71. The van der Waals surface area contributed by atoms with Crippen LogP contribution in [-0.4, -0.2) is 6.61 Å². The summed E-state index contributed by atoms with van der Waals surface area (Å²) >= 11 is 0. The number of unbranched alkanes of at least 4 members (excludes halogenated alkanes) is 1. The summed E-state index contributed by atoms with van der Waals surface area (Å²) in [4.78, 5) is 0. The lowest BCUT2D eigenvalue weighted by Gasteiger charge is -2.15. The van der Waals surface area contributed by atoms with Gasteiger partial charge in [0, 0.05) is 0 Å². The van der Waals surface area contributed by atoms with Gasteiger partial charge in [0.2, 0.25) is 0 Å². The predicted molar refractivity (Wildman–Crippen MR) is 73.1 cm³/mol. The van der Waals surface area contributed by atoms with Gasteiger partial charge in [-0.15, -0.1) is 0 Å². The minimum Gasteiger partial charge on any atom is -0.237 e. The Balaban J connectivity index is 2.98. The van der Waals surface area contributed by atoms with E-state index in [9.17, 15) is 5.11 Å². The van der Waals surface area contributed by atoms with E-state index in [1.165, 1.54) is 22.3 Å². The monoisotopic (exact) mass is 233 g/mol. The van der Waals surface area contributed by atoms with Gasteiger partial charge in [-0.1, -0.05) is 32.9 Å². The zero-order valence-corrected chi connectivity index (χ0v) is 11.5. The molecule has 0 amide bonds. The van der Waals surface area contributed by atoms with Crippen molar-refractivity contribution in [2.45, 2.75) is 59.3 Å². The summed E-state index contributed by atoms with van der Waals surface area (Å²) in [5, 5.41) is 10.5. The molecule has 0 heterocycles. The van der Waals surface area contributed by atoms with E-state index in [1.807, 2.05) is 0 Å². The fourth-order valence-corrected chi connectivity index (χ4v) is 2.43. The molecule has 1 heteroatoms. The van der Waals surface area contributed by atoms with Crippen LogP contribution in [0.15, 0.2) is 12.1 Å². The largest absolute Gasteiger partial charge is 0.237 e. The van der Waals surface area contributed by atoms with E-state index in [4.69, 9.17) is 0 Å². The van der Waals surface area contributed by atoms with Crippen molar-refractivity contribution in [3.8, 4) is 0 Å². The third-order valence-corrected chi connectivity index (χ3v) is 3.49. The molecular formula is C16H25O. The third kappa shape index (κ3) is 3.85. The van der Waals surface area contributed by atoms with Gasteiger partial charge in [0.15, 0.2) is 0 Å². The van der Waals surface area contributed by atoms with Gasteiger partial charge in [-0.3, -0.25) is 0 Å². The fraction of sp³-hybridized carbons (Fsp3) is 0.625. The van der Waals surface area contributed by atoms with E-state index in [1.54, 1.807) is 0 Å². The van der Waals surface area contributed by atoms with Gasteiger partial charge in [0.1, 0.15) is 0 Å². The zero-order valence-electron chi connectivity index (χ0n) is 11.5. The first-order chi connectivity index (χ1) is 8.26. The molecule has 1 aromatic rings. The topological polar surface area (TPSA) is 19.9 Å². The Bertz CT molecular complexity index is 316. The first-order valence-corrected chi connectivity index (χ1v) is 6.98. The van der Waals surface area contributed by atoms with Crippen LogP contribution >= 0.6 is 0 Å². The second-order valence-electron chi connectivity index (χ2n) is 4.61. The lowest BCUT2D eigenvalue weighted by atomic mass is 9.90. The van der Waals surface area contributed by atoms with Crippen molar-refractivity contribution in [3.63, 3.8) is 0 Å². The van der Waals surface area contributed by atoms with Crippen LogP contribution in [0.4, 0.5) is 0 Å². The molecule has 0 aliphatic rings. The predicted octanol–water partition coefficient (Wildman–Crippen LogP) is 4.13. The molecule has 0 aliphatic heterocycles. The van der Waals surface area contributed by atoms with E-state index in [-0.39, 0.29) is 6.61 Å². The average Bonchev–Trinajstić information content (AvgIpc) is 2.38. The summed E-state index contributed by atoms with van der Waals surface area (Å²) in [5.74, 6) is 0. The van der Waals surface area contributed by atoms with Crippen molar-refractivity contribution in [1.29, 1.82) is 0 Å². The van der Waals surface area contributed by atoms with Crippen LogP contribution in [0.2, 0.25) is 0 Å². The van der Waals surface area contributed by atoms with Crippen LogP contribution in [0.1, 0.15) is 55.9 Å². The molecule has 1 nitrogen and oxygen atoms in total. The molecule has 0 bridgehead atoms. The molecule has 1 rings (SSSR count). The summed E-state index contributed by atoms with van der Waals surface area (Å²) in [5.41, 5.74) is 5.95. The van der Waals surface area contributed by atoms with Crippen LogP contribution in [-0.2, 0) is 30.8 Å². The van der Waals surface area contributed by atoms with Gasteiger partial charge < -0.3 is 0 Å². The highest BCUT2D eigenvalue weighted by Gasteiger charge is 2.08. The Morgan fingerprint density at radius 2 is 1.47 bits per heavy atom. The molecule has 0 spiro atoms. The minimum absolute atomic E-state index is 0.0654. The number of hydrogen-bond acceptors (Lipinski definition) is 0. The molecule has 0 saturated carbocycles. The molecule has 0 atom stereocenters. The van der Waals surface area contributed by atoms with Crippen molar-refractivity contribution < 1.29 is 5.11 Å². The van der Waals surface area contributed by atoms with Crippen LogP contribution in [0.5, 0.6) is 0 Å². The van der Waals surface area contributed by atoms with Crippen LogP contribution in [0.25, 0.3) is 0 Å². The quantitative estimate of drug-likeness (QED) is 0.631. The van der Waals surface area contributed by atoms with E-state index in [0.717, 1.165) is 38.5 Å². The highest BCUT2D eigenvalue weighted by molar-refractivity contribution is 5.39. The smallest absolute Gasteiger partial charge is 0.0822 e. The minimum atomic E-state index is 0.0654. The van der Waals surface area contributed by atoms with Gasteiger partial charge in [-0.25, -0.2) is 5.11 Å². The van der Waals surface area contributed by atoms with E-state index in [0.29, 0.717) is 0 Å². The van der Waals surface area contributed by atoms with Crippen molar-refractivity contribution in [2.24, 2.45) is 0 Å². The fourth-order valence-electron chi connectivity index (χ4n) is 2.43. The number of aryl methyl sites for hydroxylation is 3. The number of hydrogen-bond donors (Lipinski definition) is 0. The Labute approximate surface area is 106 Å². The Kier molecular flexibility index (Phi) is 6.28. The maximum atomic E-state index is 10.5. The van der Waals surface area contributed by atoms with Crippen molar-refractivity contribution >= 4 is 0 Å². The number of rotatable bonds is 7. The van der Waals surface area contributed by atoms with E-state index >= 15 is 0 Å². The number of benzene rings is 1. The van der Waals surface area contributed by atoms with Crippen LogP contribution < -0.4 is 0 Å². The molecule has 0 saturated heterocycles. The van der Waals surface area contributed by atoms with Gasteiger partial charge in [0.05, 0.1) is 6.61 Å². The first kappa shape index (κ1) is 14.2. The summed E-state index contributed by atoms with van der Waals surface area (Å²) in [6.45, 7) is 6.73. The third-order valence-electron chi connectivity index (χ3n) is 3.49. The molecule has 0 fully saturated rings. The van der Waals surface area contributed by atoms with Gasteiger partial charge in [-0.05, 0) is 60.8 Å². The van der Waals surface area contributed by atoms with Crippen LogP contribution in [0, 0.1) is 0 Å². The van der Waals surface area contributed by atoms with Crippen molar-refractivity contribution in [1.82, 2.24) is 0 Å². The molecule has 0 aliphatic carbocycles. The highest BCUT2D eigenvalue weighted by Crippen LogP contribution is 2.22.